The van der Waals surface area contributed by atoms with E-state index in [9.17, 15) is 4.39 Å². The van der Waals surface area contributed by atoms with Crippen molar-refractivity contribution in [2.75, 3.05) is 4.90 Å². The molecule has 0 aromatic heterocycles. The molecule has 54 heavy (non-hydrogen) atoms. The lowest BCUT2D eigenvalue weighted by molar-refractivity contribution is 0.628. The Kier molecular flexibility index (Phi) is 7.74. The van der Waals surface area contributed by atoms with Gasteiger partial charge < -0.3 is 4.90 Å². The Morgan fingerprint density at radius 3 is 1.31 bits per heavy atom. The Morgan fingerprint density at radius 1 is 0.296 bits per heavy atom. The van der Waals surface area contributed by atoms with Gasteiger partial charge in [-0.2, -0.15) is 0 Å². The topological polar surface area (TPSA) is 3.24 Å². The maximum atomic E-state index is 14.0. The van der Waals surface area contributed by atoms with Crippen molar-refractivity contribution in [2.45, 2.75) is 0 Å². The summed E-state index contributed by atoms with van der Waals surface area (Å²) in [6, 6.07) is 72.2. The van der Waals surface area contributed by atoms with Crippen molar-refractivity contribution in [1.29, 1.82) is 0 Å². The smallest absolute Gasteiger partial charge is 0.123 e. The molecule has 2 heteroatoms. The van der Waals surface area contributed by atoms with Crippen molar-refractivity contribution < 1.29 is 4.39 Å². The molecule has 0 saturated carbocycles. The Hall–Kier alpha value is -7.03. The molecule has 0 fully saturated rings. The molecule has 0 bridgehead atoms. The lowest BCUT2D eigenvalue weighted by Crippen LogP contribution is -2.09. The van der Waals surface area contributed by atoms with Crippen LogP contribution in [-0.2, 0) is 0 Å². The van der Waals surface area contributed by atoms with Crippen LogP contribution in [0.3, 0.4) is 0 Å². The summed E-state index contributed by atoms with van der Waals surface area (Å²) >= 11 is 0. The van der Waals surface area contributed by atoms with Crippen LogP contribution in [0.2, 0.25) is 0 Å². The first-order chi connectivity index (χ1) is 26.7. The number of anilines is 3. The van der Waals surface area contributed by atoms with Gasteiger partial charge in [-0.1, -0.05) is 152 Å². The Balaban J connectivity index is 1.21. The highest BCUT2D eigenvalue weighted by Crippen LogP contribution is 2.47. The van der Waals surface area contributed by atoms with Gasteiger partial charge in [0.2, 0.25) is 0 Å². The van der Waals surface area contributed by atoms with Crippen LogP contribution < -0.4 is 4.90 Å². The quantitative estimate of drug-likeness (QED) is 0.157. The summed E-state index contributed by atoms with van der Waals surface area (Å²) in [7, 11) is 0. The SMILES string of the molecule is Fc1ccc(N(c2ccccc2)c2ccc(-c3ccc4c(-c5cccc6ccccc56)c5ccccc5c(-c5cccc6ccccc56)c4c3)cc2)cc1. The van der Waals surface area contributed by atoms with Crippen LogP contribution in [0.25, 0.3) is 76.5 Å². The molecule has 10 rings (SSSR count). The van der Waals surface area contributed by atoms with Crippen LogP contribution in [-0.4, -0.2) is 0 Å². The van der Waals surface area contributed by atoms with E-state index in [4.69, 9.17) is 0 Å². The number of hydrogen-bond acceptors (Lipinski definition) is 1. The van der Waals surface area contributed by atoms with Crippen LogP contribution in [0, 0.1) is 5.82 Å². The molecule has 254 valence electrons. The molecule has 0 radical (unpaired) electrons. The second-order valence-corrected chi connectivity index (χ2v) is 13.8. The minimum atomic E-state index is -0.252. The van der Waals surface area contributed by atoms with E-state index in [0.717, 1.165) is 28.2 Å². The second-order valence-electron chi connectivity index (χ2n) is 13.8. The lowest BCUT2D eigenvalue weighted by atomic mass is 9.83. The van der Waals surface area contributed by atoms with Gasteiger partial charge >= 0.3 is 0 Å². The van der Waals surface area contributed by atoms with E-state index in [0.29, 0.717) is 0 Å². The summed E-state index contributed by atoms with van der Waals surface area (Å²) in [5.74, 6) is -0.252. The summed E-state index contributed by atoms with van der Waals surface area (Å²) in [4.78, 5) is 2.16. The zero-order valence-corrected chi connectivity index (χ0v) is 29.5. The van der Waals surface area contributed by atoms with Gasteiger partial charge in [-0.3, -0.25) is 0 Å². The van der Waals surface area contributed by atoms with Gasteiger partial charge in [-0.25, -0.2) is 4.39 Å². The third kappa shape index (κ3) is 5.39. The van der Waals surface area contributed by atoms with Gasteiger partial charge in [0.1, 0.15) is 5.82 Å². The molecule has 0 unspecified atom stereocenters. The molecule has 0 aliphatic carbocycles. The Labute approximate surface area is 313 Å². The average Bonchev–Trinajstić information content (AvgIpc) is 3.24. The molecule has 0 N–H and O–H groups in total. The summed E-state index contributed by atoms with van der Waals surface area (Å²) < 4.78 is 14.0. The van der Waals surface area contributed by atoms with Gasteiger partial charge in [0.05, 0.1) is 0 Å². The summed E-state index contributed by atoms with van der Waals surface area (Å²) in [5.41, 5.74) is 10.1. The molecule has 0 amide bonds. The Morgan fingerprint density at radius 2 is 0.722 bits per heavy atom. The highest BCUT2D eigenvalue weighted by molar-refractivity contribution is 6.25. The predicted octanol–water partition coefficient (Wildman–Crippen LogP) is 14.9. The number of benzene rings is 10. The molecule has 0 saturated heterocycles. The zero-order valence-electron chi connectivity index (χ0n) is 29.5. The third-order valence-corrected chi connectivity index (χ3v) is 10.7. The van der Waals surface area contributed by atoms with Gasteiger partial charge in [0, 0.05) is 17.1 Å². The van der Waals surface area contributed by atoms with E-state index in [-0.39, 0.29) is 5.82 Å². The number of hydrogen-bond donors (Lipinski definition) is 0. The van der Waals surface area contributed by atoms with E-state index in [1.807, 2.05) is 30.3 Å². The standard InChI is InChI=1S/C52H34FN/c53-39-27-31-42(32-28-39)54(40-16-2-1-3-17-40)41-29-24-35(25-30-41)38-26-33-49-50(34-38)52(46-23-11-15-37-13-5-7-19-44(37)46)48-21-9-8-20-47(48)51(49)45-22-10-14-36-12-4-6-18-43(36)45/h1-34H. The van der Waals surface area contributed by atoms with Crippen molar-refractivity contribution in [1.82, 2.24) is 0 Å². The zero-order chi connectivity index (χ0) is 36.0. The van der Waals surface area contributed by atoms with E-state index in [1.54, 1.807) is 0 Å². The van der Waals surface area contributed by atoms with Crippen molar-refractivity contribution in [3.63, 3.8) is 0 Å². The van der Waals surface area contributed by atoms with Crippen LogP contribution in [0.15, 0.2) is 206 Å². The summed E-state index contributed by atoms with van der Waals surface area (Å²) in [6.45, 7) is 0. The van der Waals surface area contributed by atoms with E-state index in [1.165, 1.54) is 77.5 Å². The summed E-state index contributed by atoms with van der Waals surface area (Å²) in [5, 5.41) is 9.84. The molecule has 0 aliphatic heterocycles. The summed E-state index contributed by atoms with van der Waals surface area (Å²) in [6.07, 6.45) is 0. The molecule has 0 atom stereocenters. The number of halogens is 1. The first-order valence-electron chi connectivity index (χ1n) is 18.4. The maximum absolute atomic E-state index is 14.0. The average molecular weight is 692 g/mol. The fraction of sp³-hybridized carbons (Fsp3) is 0. The van der Waals surface area contributed by atoms with Gasteiger partial charge in [-0.15, -0.1) is 0 Å². The van der Waals surface area contributed by atoms with Crippen LogP contribution >= 0.6 is 0 Å². The van der Waals surface area contributed by atoms with Crippen molar-refractivity contribution in [3.8, 4) is 33.4 Å². The Bertz CT molecular complexity index is 2970. The number of para-hydroxylation sites is 1. The van der Waals surface area contributed by atoms with Crippen LogP contribution in [0.4, 0.5) is 21.5 Å². The molecule has 0 heterocycles. The molecule has 10 aromatic carbocycles. The van der Waals surface area contributed by atoms with E-state index >= 15 is 0 Å². The molecule has 1 nitrogen and oxygen atoms in total. The fourth-order valence-electron chi connectivity index (χ4n) is 8.24. The maximum Gasteiger partial charge on any atom is 0.123 e. The number of nitrogens with zero attached hydrogens (tertiary/aromatic N) is 1. The third-order valence-electron chi connectivity index (χ3n) is 10.7. The van der Waals surface area contributed by atoms with Crippen molar-refractivity contribution in [3.05, 3.63) is 212 Å². The van der Waals surface area contributed by atoms with E-state index < -0.39 is 0 Å². The lowest BCUT2D eigenvalue weighted by Gasteiger charge is -2.25. The van der Waals surface area contributed by atoms with Gasteiger partial charge in [0.25, 0.3) is 0 Å². The molecule has 0 spiro atoms. The normalized spacial score (nSPS) is 11.4. The van der Waals surface area contributed by atoms with Gasteiger partial charge in [-0.05, 0) is 131 Å². The number of rotatable bonds is 6. The molecule has 0 aliphatic rings. The van der Waals surface area contributed by atoms with Crippen molar-refractivity contribution in [2.24, 2.45) is 0 Å². The molecular formula is C52H34FN. The first kappa shape index (κ1) is 31.7. The monoisotopic (exact) mass is 691 g/mol. The molecular weight excluding hydrogens is 658 g/mol. The second kappa shape index (κ2) is 13.2. The minimum absolute atomic E-state index is 0.252. The minimum Gasteiger partial charge on any atom is -0.311 e. The predicted molar refractivity (Wildman–Crippen MR) is 227 cm³/mol. The largest absolute Gasteiger partial charge is 0.311 e. The van der Waals surface area contributed by atoms with Gasteiger partial charge in [0.15, 0.2) is 0 Å². The van der Waals surface area contributed by atoms with Crippen LogP contribution in [0.5, 0.6) is 0 Å². The fourth-order valence-corrected chi connectivity index (χ4v) is 8.24. The highest BCUT2D eigenvalue weighted by atomic mass is 19.1. The number of fused-ring (bicyclic) bond motifs is 4. The first-order valence-corrected chi connectivity index (χ1v) is 18.4. The van der Waals surface area contributed by atoms with Crippen molar-refractivity contribution >= 4 is 60.2 Å². The van der Waals surface area contributed by atoms with Crippen LogP contribution in [0.1, 0.15) is 0 Å². The highest BCUT2D eigenvalue weighted by Gasteiger charge is 2.20. The molecule has 10 aromatic rings. The van der Waals surface area contributed by atoms with E-state index in [2.05, 4.69) is 169 Å².